The molecule has 2 rings (SSSR count). The number of anilines is 1. The highest BCUT2D eigenvalue weighted by Gasteiger charge is 2.18. The van der Waals surface area contributed by atoms with Crippen LogP contribution in [0.4, 0.5) is 5.69 Å². The molecule has 1 heterocycles. The number of nitrogens with two attached hydrogens (primary N) is 1. The van der Waals surface area contributed by atoms with Gasteiger partial charge in [-0.05, 0) is 40.5 Å². The molecule has 4 nitrogen and oxygen atoms in total. The third-order valence-electron chi connectivity index (χ3n) is 2.88. The smallest absolute Gasteiger partial charge is 0.239 e. The van der Waals surface area contributed by atoms with Gasteiger partial charge >= 0.3 is 0 Å². The minimum atomic E-state index is 0.0185. The SMILES string of the molecule is C[C@@H](N)c1ccc(N2CCNC(=O)C2)c(Br)c1. The van der Waals surface area contributed by atoms with Gasteiger partial charge in [-0.15, -0.1) is 0 Å². The van der Waals surface area contributed by atoms with Gasteiger partial charge in [-0.2, -0.15) is 0 Å². The normalized spacial score (nSPS) is 17.8. The Morgan fingerprint density at radius 3 is 2.88 bits per heavy atom. The predicted octanol–water partition coefficient (Wildman–Crippen LogP) is 1.41. The van der Waals surface area contributed by atoms with Gasteiger partial charge in [0.05, 0.1) is 12.2 Å². The summed E-state index contributed by atoms with van der Waals surface area (Å²) in [6, 6.07) is 6.07. The number of halogens is 1. The van der Waals surface area contributed by atoms with Gasteiger partial charge in [0.2, 0.25) is 5.91 Å². The van der Waals surface area contributed by atoms with Crippen LogP contribution in [0.1, 0.15) is 18.5 Å². The Balaban J connectivity index is 2.23. The number of carbonyl (C=O) groups is 1. The fourth-order valence-electron chi connectivity index (χ4n) is 1.91. The number of nitrogens with zero attached hydrogens (tertiary/aromatic N) is 1. The van der Waals surface area contributed by atoms with Crippen LogP contribution >= 0.6 is 15.9 Å². The Morgan fingerprint density at radius 2 is 2.29 bits per heavy atom. The Bertz CT molecular complexity index is 434. The van der Waals surface area contributed by atoms with Gasteiger partial charge in [0.25, 0.3) is 0 Å². The summed E-state index contributed by atoms with van der Waals surface area (Å²) in [4.78, 5) is 13.4. The number of piperazine rings is 1. The van der Waals surface area contributed by atoms with E-state index in [4.69, 9.17) is 5.73 Å². The van der Waals surface area contributed by atoms with E-state index in [-0.39, 0.29) is 11.9 Å². The van der Waals surface area contributed by atoms with Gasteiger partial charge in [-0.25, -0.2) is 0 Å². The summed E-state index contributed by atoms with van der Waals surface area (Å²) in [6.07, 6.45) is 0. The van der Waals surface area contributed by atoms with Crippen molar-refractivity contribution in [3.05, 3.63) is 28.2 Å². The van der Waals surface area contributed by atoms with Crippen molar-refractivity contribution in [1.82, 2.24) is 5.32 Å². The van der Waals surface area contributed by atoms with E-state index in [1.165, 1.54) is 0 Å². The fraction of sp³-hybridized carbons (Fsp3) is 0.417. The molecule has 1 fully saturated rings. The number of nitrogens with one attached hydrogen (secondary N) is 1. The molecule has 1 saturated heterocycles. The van der Waals surface area contributed by atoms with Gasteiger partial charge < -0.3 is 16.0 Å². The molecule has 1 aromatic rings. The lowest BCUT2D eigenvalue weighted by Gasteiger charge is -2.29. The number of hydrogen-bond acceptors (Lipinski definition) is 3. The van der Waals surface area contributed by atoms with Crippen molar-refractivity contribution >= 4 is 27.5 Å². The van der Waals surface area contributed by atoms with Crippen molar-refractivity contribution in [1.29, 1.82) is 0 Å². The Hall–Kier alpha value is -1.07. The maximum atomic E-state index is 11.3. The molecule has 3 N–H and O–H groups in total. The number of benzene rings is 1. The molecule has 0 bridgehead atoms. The number of hydrogen-bond donors (Lipinski definition) is 2. The second-order valence-electron chi connectivity index (χ2n) is 4.27. The third kappa shape index (κ3) is 2.79. The first-order valence-electron chi connectivity index (χ1n) is 5.64. The second kappa shape index (κ2) is 5.06. The summed E-state index contributed by atoms with van der Waals surface area (Å²) in [5.74, 6) is 0.0689. The van der Waals surface area contributed by atoms with Crippen LogP contribution in [0, 0.1) is 0 Å². The van der Waals surface area contributed by atoms with Crippen molar-refractivity contribution in [2.45, 2.75) is 13.0 Å². The lowest BCUT2D eigenvalue weighted by atomic mass is 10.1. The van der Waals surface area contributed by atoms with Crippen LogP contribution in [0.15, 0.2) is 22.7 Å². The molecule has 0 saturated carbocycles. The van der Waals surface area contributed by atoms with Crippen molar-refractivity contribution < 1.29 is 4.79 Å². The van der Waals surface area contributed by atoms with E-state index < -0.39 is 0 Å². The third-order valence-corrected chi connectivity index (χ3v) is 3.51. The Kier molecular flexibility index (Phi) is 3.69. The van der Waals surface area contributed by atoms with Crippen LogP contribution in [0.3, 0.4) is 0 Å². The standard InChI is InChI=1S/C12H16BrN3O/c1-8(14)9-2-3-11(10(13)6-9)16-5-4-15-12(17)7-16/h2-3,6,8H,4-5,7,14H2,1H3,(H,15,17)/t8-/m1/s1. The van der Waals surface area contributed by atoms with Crippen LogP contribution in [0.2, 0.25) is 0 Å². The van der Waals surface area contributed by atoms with E-state index in [1.807, 2.05) is 25.1 Å². The minimum absolute atomic E-state index is 0.0185. The van der Waals surface area contributed by atoms with Crippen molar-refractivity contribution in [3.63, 3.8) is 0 Å². The fourth-order valence-corrected chi connectivity index (χ4v) is 2.55. The summed E-state index contributed by atoms with van der Waals surface area (Å²) >= 11 is 3.54. The monoisotopic (exact) mass is 297 g/mol. The molecule has 1 aliphatic rings. The first kappa shape index (κ1) is 12.4. The van der Waals surface area contributed by atoms with E-state index in [0.717, 1.165) is 22.3 Å². The van der Waals surface area contributed by atoms with Gasteiger partial charge in [0, 0.05) is 23.6 Å². The van der Waals surface area contributed by atoms with E-state index >= 15 is 0 Å². The van der Waals surface area contributed by atoms with E-state index in [1.54, 1.807) is 0 Å². The number of amides is 1. The van der Waals surface area contributed by atoms with E-state index in [2.05, 4.69) is 26.1 Å². The maximum Gasteiger partial charge on any atom is 0.239 e. The summed E-state index contributed by atoms with van der Waals surface area (Å²) in [5, 5.41) is 2.81. The first-order chi connectivity index (χ1) is 8.08. The molecule has 1 aliphatic heterocycles. The molecule has 0 radical (unpaired) electrons. The molecule has 17 heavy (non-hydrogen) atoms. The minimum Gasteiger partial charge on any atom is -0.360 e. The zero-order valence-electron chi connectivity index (χ0n) is 9.74. The zero-order chi connectivity index (χ0) is 12.4. The lowest BCUT2D eigenvalue weighted by molar-refractivity contribution is -0.120. The van der Waals surface area contributed by atoms with Crippen molar-refractivity contribution in [2.24, 2.45) is 5.73 Å². The molecule has 1 atom stereocenters. The molecule has 0 aromatic heterocycles. The predicted molar refractivity (Wildman–Crippen MR) is 72.0 cm³/mol. The van der Waals surface area contributed by atoms with Crippen LogP contribution in [0.25, 0.3) is 0 Å². The topological polar surface area (TPSA) is 58.4 Å². The van der Waals surface area contributed by atoms with Crippen molar-refractivity contribution in [2.75, 3.05) is 24.5 Å². The van der Waals surface area contributed by atoms with Crippen LogP contribution < -0.4 is 16.0 Å². The van der Waals surface area contributed by atoms with Gasteiger partial charge in [0.1, 0.15) is 0 Å². The van der Waals surface area contributed by atoms with E-state index in [0.29, 0.717) is 13.1 Å². The molecule has 1 aromatic carbocycles. The van der Waals surface area contributed by atoms with Crippen molar-refractivity contribution in [3.8, 4) is 0 Å². The summed E-state index contributed by atoms with van der Waals surface area (Å²) in [5.41, 5.74) is 7.97. The molecule has 5 heteroatoms. The zero-order valence-corrected chi connectivity index (χ0v) is 11.3. The summed E-state index contributed by atoms with van der Waals surface area (Å²) < 4.78 is 0.988. The van der Waals surface area contributed by atoms with Gasteiger partial charge in [-0.1, -0.05) is 6.07 Å². The quantitative estimate of drug-likeness (QED) is 0.868. The lowest BCUT2D eigenvalue weighted by Crippen LogP contribution is -2.47. The van der Waals surface area contributed by atoms with Crippen LogP contribution in [-0.4, -0.2) is 25.5 Å². The number of rotatable bonds is 2. The van der Waals surface area contributed by atoms with E-state index in [9.17, 15) is 4.79 Å². The maximum absolute atomic E-state index is 11.3. The van der Waals surface area contributed by atoms with Gasteiger partial charge in [-0.3, -0.25) is 4.79 Å². The Morgan fingerprint density at radius 1 is 1.53 bits per heavy atom. The second-order valence-corrected chi connectivity index (χ2v) is 5.13. The van der Waals surface area contributed by atoms with Gasteiger partial charge in [0.15, 0.2) is 0 Å². The summed E-state index contributed by atoms with van der Waals surface area (Å²) in [6.45, 7) is 3.90. The molecular formula is C12H16BrN3O. The molecule has 0 aliphatic carbocycles. The highest BCUT2D eigenvalue weighted by Crippen LogP contribution is 2.29. The van der Waals surface area contributed by atoms with Crippen LogP contribution in [-0.2, 0) is 4.79 Å². The Labute approximate surface area is 109 Å². The highest BCUT2D eigenvalue weighted by molar-refractivity contribution is 9.10. The number of carbonyl (C=O) groups excluding carboxylic acids is 1. The molecule has 92 valence electrons. The molecular weight excluding hydrogens is 282 g/mol. The molecule has 0 unspecified atom stereocenters. The first-order valence-corrected chi connectivity index (χ1v) is 6.44. The van der Waals surface area contributed by atoms with Crippen LogP contribution in [0.5, 0.6) is 0 Å². The highest BCUT2D eigenvalue weighted by atomic mass is 79.9. The molecule has 1 amide bonds. The summed E-state index contributed by atoms with van der Waals surface area (Å²) in [7, 11) is 0. The molecule has 0 spiro atoms. The average Bonchev–Trinajstić information content (AvgIpc) is 2.28. The largest absolute Gasteiger partial charge is 0.360 e. The average molecular weight is 298 g/mol.